The molecular weight excluding hydrogens is 190 g/mol. The van der Waals surface area contributed by atoms with Crippen LogP contribution < -0.4 is 5.32 Å². The van der Waals surface area contributed by atoms with Gasteiger partial charge in [0.1, 0.15) is 12.2 Å². The zero-order chi connectivity index (χ0) is 10.2. The van der Waals surface area contributed by atoms with Gasteiger partial charge in [-0.15, -0.1) is 0 Å². The zero-order valence-corrected chi connectivity index (χ0v) is 7.87. The van der Waals surface area contributed by atoms with E-state index in [1.54, 1.807) is 11.7 Å². The van der Waals surface area contributed by atoms with Crippen molar-refractivity contribution in [2.24, 2.45) is 7.05 Å². The van der Waals surface area contributed by atoms with Crippen LogP contribution in [0.1, 0.15) is 18.7 Å². The van der Waals surface area contributed by atoms with Crippen LogP contribution in [0.15, 0.2) is 6.33 Å². The van der Waals surface area contributed by atoms with Crippen LogP contribution in [-0.4, -0.2) is 26.7 Å². The van der Waals surface area contributed by atoms with Crippen LogP contribution in [0.2, 0.25) is 0 Å². The molecule has 14 heavy (non-hydrogen) atoms. The maximum absolute atomic E-state index is 12.5. The molecular formula is C8H12F2N4. The quantitative estimate of drug-likeness (QED) is 0.784. The SMILES string of the molecule is Cn1ncnc1CNC1CC(F)(F)C1. The Hall–Kier alpha value is -1.04. The molecule has 2 rings (SSSR count). The highest BCUT2D eigenvalue weighted by molar-refractivity contribution is 4.93. The molecule has 1 aliphatic rings. The average Bonchev–Trinajstić information content (AvgIpc) is 2.44. The van der Waals surface area contributed by atoms with Gasteiger partial charge in [-0.1, -0.05) is 0 Å². The summed E-state index contributed by atoms with van der Waals surface area (Å²) in [6.07, 6.45) is 1.32. The summed E-state index contributed by atoms with van der Waals surface area (Å²) in [6.45, 7) is 0.497. The Morgan fingerprint density at radius 2 is 2.36 bits per heavy atom. The predicted molar refractivity (Wildman–Crippen MR) is 45.8 cm³/mol. The van der Waals surface area contributed by atoms with Crippen molar-refractivity contribution in [1.29, 1.82) is 0 Å². The summed E-state index contributed by atoms with van der Waals surface area (Å²) in [5.74, 6) is -1.70. The van der Waals surface area contributed by atoms with E-state index in [4.69, 9.17) is 0 Å². The monoisotopic (exact) mass is 202 g/mol. The van der Waals surface area contributed by atoms with Crippen LogP contribution in [0.25, 0.3) is 0 Å². The van der Waals surface area contributed by atoms with Crippen molar-refractivity contribution in [2.75, 3.05) is 0 Å². The lowest BCUT2D eigenvalue weighted by Gasteiger charge is -2.35. The van der Waals surface area contributed by atoms with Crippen LogP contribution in [0.3, 0.4) is 0 Å². The number of nitrogens with one attached hydrogen (secondary N) is 1. The summed E-state index contributed by atoms with van der Waals surface area (Å²) in [5, 5.41) is 6.90. The summed E-state index contributed by atoms with van der Waals surface area (Å²) in [5.41, 5.74) is 0. The molecule has 1 N–H and O–H groups in total. The Labute approximate surface area is 80.3 Å². The first-order valence-electron chi connectivity index (χ1n) is 4.51. The number of alkyl halides is 2. The van der Waals surface area contributed by atoms with E-state index in [1.165, 1.54) is 6.33 Å². The van der Waals surface area contributed by atoms with Crippen molar-refractivity contribution in [3.8, 4) is 0 Å². The molecule has 0 unspecified atom stereocenters. The fraction of sp³-hybridized carbons (Fsp3) is 0.750. The first kappa shape index (κ1) is 9.51. The molecule has 1 aliphatic carbocycles. The predicted octanol–water partition coefficient (Wildman–Crippen LogP) is 0.702. The van der Waals surface area contributed by atoms with E-state index in [9.17, 15) is 8.78 Å². The second-order valence-electron chi connectivity index (χ2n) is 3.64. The Balaban J connectivity index is 1.77. The van der Waals surface area contributed by atoms with Crippen molar-refractivity contribution in [1.82, 2.24) is 20.1 Å². The van der Waals surface area contributed by atoms with E-state index in [1.807, 2.05) is 0 Å². The molecule has 1 aromatic rings. The summed E-state index contributed by atoms with van der Waals surface area (Å²) in [7, 11) is 1.78. The second-order valence-corrected chi connectivity index (χ2v) is 3.64. The second kappa shape index (κ2) is 3.27. The lowest BCUT2D eigenvalue weighted by atomic mass is 9.88. The Bertz CT molecular complexity index is 315. The number of rotatable bonds is 3. The van der Waals surface area contributed by atoms with E-state index < -0.39 is 5.92 Å². The van der Waals surface area contributed by atoms with Crippen molar-refractivity contribution < 1.29 is 8.78 Å². The summed E-state index contributed by atoms with van der Waals surface area (Å²) in [6, 6.07) is -0.0818. The molecule has 6 heteroatoms. The fourth-order valence-electron chi connectivity index (χ4n) is 1.52. The van der Waals surface area contributed by atoms with E-state index >= 15 is 0 Å². The highest BCUT2D eigenvalue weighted by Crippen LogP contribution is 2.37. The first-order chi connectivity index (χ1) is 6.57. The lowest BCUT2D eigenvalue weighted by Crippen LogP contribution is -2.48. The van der Waals surface area contributed by atoms with Crippen molar-refractivity contribution in [3.63, 3.8) is 0 Å². The minimum absolute atomic E-state index is 0.0646. The Morgan fingerprint density at radius 1 is 1.64 bits per heavy atom. The van der Waals surface area contributed by atoms with Gasteiger partial charge in [0.2, 0.25) is 0 Å². The van der Waals surface area contributed by atoms with E-state index in [-0.39, 0.29) is 18.9 Å². The molecule has 0 atom stereocenters. The Kier molecular flexibility index (Phi) is 2.22. The minimum atomic E-state index is -2.46. The number of nitrogens with zero attached hydrogens (tertiary/aromatic N) is 3. The number of halogens is 2. The first-order valence-corrected chi connectivity index (χ1v) is 4.51. The summed E-state index contributed by atoms with van der Waals surface area (Å²) in [4.78, 5) is 3.98. The largest absolute Gasteiger partial charge is 0.307 e. The smallest absolute Gasteiger partial charge is 0.251 e. The van der Waals surface area contributed by atoms with Crippen LogP contribution in [0.5, 0.6) is 0 Å². The number of hydrogen-bond acceptors (Lipinski definition) is 3. The summed E-state index contributed by atoms with van der Waals surface area (Å²) < 4.78 is 26.5. The van der Waals surface area contributed by atoms with Gasteiger partial charge >= 0.3 is 0 Å². The minimum Gasteiger partial charge on any atom is -0.307 e. The molecule has 1 heterocycles. The topological polar surface area (TPSA) is 42.7 Å². The Morgan fingerprint density at radius 3 is 2.86 bits per heavy atom. The molecule has 0 aromatic carbocycles. The van der Waals surface area contributed by atoms with Gasteiger partial charge in [0, 0.05) is 25.9 Å². The highest BCUT2D eigenvalue weighted by Gasteiger charge is 2.44. The molecule has 0 aliphatic heterocycles. The van der Waals surface area contributed by atoms with Crippen LogP contribution in [0.4, 0.5) is 8.78 Å². The molecule has 0 saturated heterocycles. The number of hydrogen-bond donors (Lipinski definition) is 1. The molecule has 1 saturated carbocycles. The van der Waals surface area contributed by atoms with Crippen LogP contribution in [0, 0.1) is 0 Å². The van der Waals surface area contributed by atoms with Crippen molar-refractivity contribution in [2.45, 2.75) is 31.4 Å². The molecule has 0 amide bonds. The normalized spacial score (nSPS) is 20.8. The standard InChI is InChI=1S/C8H12F2N4/c1-14-7(12-5-13-14)4-11-6-2-8(9,10)3-6/h5-6,11H,2-4H2,1H3. The number of aromatic nitrogens is 3. The molecule has 0 radical (unpaired) electrons. The van der Waals surface area contributed by atoms with Gasteiger partial charge in [-0.25, -0.2) is 13.8 Å². The molecule has 0 spiro atoms. The van der Waals surface area contributed by atoms with E-state index in [2.05, 4.69) is 15.4 Å². The van der Waals surface area contributed by atoms with E-state index in [0.29, 0.717) is 6.54 Å². The fourth-order valence-corrected chi connectivity index (χ4v) is 1.52. The van der Waals surface area contributed by atoms with Gasteiger partial charge in [0.15, 0.2) is 0 Å². The molecule has 78 valence electrons. The summed E-state index contributed by atoms with van der Waals surface area (Å²) >= 11 is 0. The number of aryl methyl sites for hydroxylation is 1. The van der Waals surface area contributed by atoms with Gasteiger partial charge in [0.05, 0.1) is 6.54 Å². The van der Waals surface area contributed by atoms with Gasteiger partial charge in [-0.05, 0) is 0 Å². The molecule has 0 bridgehead atoms. The average molecular weight is 202 g/mol. The zero-order valence-electron chi connectivity index (χ0n) is 7.87. The lowest BCUT2D eigenvalue weighted by molar-refractivity contribution is -0.0931. The van der Waals surface area contributed by atoms with Gasteiger partial charge in [0.25, 0.3) is 5.92 Å². The van der Waals surface area contributed by atoms with Gasteiger partial charge < -0.3 is 5.32 Å². The maximum Gasteiger partial charge on any atom is 0.251 e. The maximum atomic E-state index is 12.5. The highest BCUT2D eigenvalue weighted by atomic mass is 19.3. The van der Waals surface area contributed by atoms with Crippen LogP contribution >= 0.6 is 0 Å². The van der Waals surface area contributed by atoms with E-state index in [0.717, 1.165) is 5.82 Å². The molecule has 4 nitrogen and oxygen atoms in total. The molecule has 1 fully saturated rings. The third-order valence-corrected chi connectivity index (χ3v) is 2.44. The molecule has 1 aromatic heterocycles. The van der Waals surface area contributed by atoms with Gasteiger partial charge in [-0.3, -0.25) is 4.68 Å². The van der Waals surface area contributed by atoms with Crippen molar-refractivity contribution in [3.05, 3.63) is 12.2 Å². The van der Waals surface area contributed by atoms with Crippen LogP contribution in [-0.2, 0) is 13.6 Å². The van der Waals surface area contributed by atoms with Crippen molar-refractivity contribution >= 4 is 0 Å². The third-order valence-electron chi connectivity index (χ3n) is 2.44. The van der Waals surface area contributed by atoms with Gasteiger partial charge in [-0.2, -0.15) is 5.10 Å². The third kappa shape index (κ3) is 1.89.